The summed E-state index contributed by atoms with van der Waals surface area (Å²) in [7, 11) is -3.93. The van der Waals surface area contributed by atoms with E-state index in [2.05, 4.69) is 28.8 Å². The summed E-state index contributed by atoms with van der Waals surface area (Å²) in [6.07, 6.45) is 0. The molecule has 6 nitrogen and oxygen atoms in total. The van der Waals surface area contributed by atoms with Crippen LogP contribution in [0.25, 0.3) is 0 Å². The Bertz CT molecular complexity index is 1190. The molecule has 1 amide bonds. The average Bonchev–Trinajstić information content (AvgIpc) is 2.77. The Kier molecular flexibility index (Phi) is 7.66. The molecule has 0 bridgehead atoms. The van der Waals surface area contributed by atoms with E-state index in [1.54, 1.807) is 12.1 Å². The van der Waals surface area contributed by atoms with Crippen molar-refractivity contribution in [3.63, 3.8) is 0 Å². The van der Waals surface area contributed by atoms with Crippen molar-refractivity contribution in [3.8, 4) is 0 Å². The predicted molar refractivity (Wildman–Crippen MR) is 132 cm³/mol. The molecular weight excluding hydrogens is 469 g/mol. The molecule has 0 saturated carbocycles. The summed E-state index contributed by atoms with van der Waals surface area (Å²) in [5.41, 5.74) is 1.84. The van der Waals surface area contributed by atoms with E-state index in [0.717, 1.165) is 18.8 Å². The zero-order chi connectivity index (χ0) is 23.3. The van der Waals surface area contributed by atoms with E-state index in [9.17, 15) is 13.2 Å². The van der Waals surface area contributed by atoms with Gasteiger partial charge in [-0.15, -0.1) is 0 Å². The minimum atomic E-state index is -3.93. The van der Waals surface area contributed by atoms with Crippen molar-refractivity contribution < 1.29 is 13.2 Å². The van der Waals surface area contributed by atoms with Crippen LogP contribution in [0.15, 0.2) is 71.6 Å². The van der Waals surface area contributed by atoms with E-state index >= 15 is 0 Å². The SMILES string of the molecule is CCN(CC)c1ccc(NC(=O)c2cc(Cl)ccc2NS(=O)(=O)c2ccc(Cl)cc2)cc1. The Morgan fingerprint density at radius 2 is 1.47 bits per heavy atom. The first-order valence-corrected chi connectivity index (χ1v) is 12.2. The first-order valence-electron chi connectivity index (χ1n) is 9.97. The predicted octanol–water partition coefficient (Wildman–Crippen LogP) is 5.89. The molecule has 0 atom stereocenters. The number of sulfonamides is 1. The average molecular weight is 492 g/mol. The number of carbonyl (C=O) groups is 1. The third-order valence-electron chi connectivity index (χ3n) is 4.85. The maximum Gasteiger partial charge on any atom is 0.261 e. The smallest absolute Gasteiger partial charge is 0.261 e. The maximum absolute atomic E-state index is 13.0. The van der Waals surface area contributed by atoms with Crippen LogP contribution in [-0.2, 0) is 10.0 Å². The van der Waals surface area contributed by atoms with E-state index in [0.29, 0.717) is 15.7 Å². The molecule has 3 aromatic carbocycles. The molecule has 32 heavy (non-hydrogen) atoms. The van der Waals surface area contributed by atoms with Crippen LogP contribution in [-0.4, -0.2) is 27.4 Å². The lowest BCUT2D eigenvalue weighted by Gasteiger charge is -2.21. The van der Waals surface area contributed by atoms with Crippen molar-refractivity contribution in [2.24, 2.45) is 0 Å². The molecule has 0 aliphatic rings. The Hall–Kier alpha value is -2.74. The Balaban J connectivity index is 1.84. The molecule has 0 heterocycles. The van der Waals surface area contributed by atoms with Crippen LogP contribution < -0.4 is 14.9 Å². The molecule has 3 aromatic rings. The second-order valence-electron chi connectivity index (χ2n) is 6.92. The number of nitrogens with zero attached hydrogens (tertiary/aromatic N) is 1. The second kappa shape index (κ2) is 10.3. The lowest BCUT2D eigenvalue weighted by atomic mass is 10.1. The first kappa shape index (κ1) is 23.9. The van der Waals surface area contributed by atoms with Crippen molar-refractivity contribution in [2.75, 3.05) is 28.0 Å². The minimum absolute atomic E-state index is 0.0233. The summed E-state index contributed by atoms with van der Waals surface area (Å²) in [6, 6.07) is 17.6. The zero-order valence-corrected chi connectivity index (χ0v) is 19.9. The molecule has 168 valence electrons. The summed E-state index contributed by atoms with van der Waals surface area (Å²) in [5, 5.41) is 3.52. The summed E-state index contributed by atoms with van der Waals surface area (Å²) < 4.78 is 28.0. The van der Waals surface area contributed by atoms with E-state index in [1.807, 2.05) is 12.1 Å². The molecule has 9 heteroatoms. The minimum Gasteiger partial charge on any atom is -0.372 e. The number of carbonyl (C=O) groups excluding carboxylic acids is 1. The highest BCUT2D eigenvalue weighted by Gasteiger charge is 2.19. The molecule has 0 radical (unpaired) electrons. The fraction of sp³-hybridized carbons (Fsp3) is 0.174. The van der Waals surface area contributed by atoms with Gasteiger partial charge >= 0.3 is 0 Å². The number of anilines is 3. The number of rotatable bonds is 8. The van der Waals surface area contributed by atoms with Crippen LogP contribution in [0.4, 0.5) is 17.1 Å². The van der Waals surface area contributed by atoms with Gasteiger partial charge in [-0.3, -0.25) is 9.52 Å². The Morgan fingerprint density at radius 1 is 0.875 bits per heavy atom. The van der Waals surface area contributed by atoms with Crippen LogP contribution >= 0.6 is 23.2 Å². The van der Waals surface area contributed by atoms with Crippen LogP contribution in [0.3, 0.4) is 0 Å². The maximum atomic E-state index is 13.0. The summed E-state index contributed by atoms with van der Waals surface area (Å²) in [6.45, 7) is 5.90. The van der Waals surface area contributed by atoms with Gasteiger partial charge in [0.2, 0.25) is 0 Å². The van der Waals surface area contributed by atoms with Gasteiger partial charge in [0.05, 0.1) is 16.1 Å². The number of halogens is 2. The number of amides is 1. The summed E-state index contributed by atoms with van der Waals surface area (Å²) >= 11 is 11.9. The molecule has 0 aliphatic heterocycles. The van der Waals surface area contributed by atoms with Gasteiger partial charge in [-0.05, 0) is 80.6 Å². The standard InChI is InChI=1S/C23H23Cl2N3O3S/c1-3-28(4-2)19-10-8-18(9-11-19)26-23(29)21-15-17(25)7-14-22(21)27-32(30,31)20-12-5-16(24)6-13-20/h5-15,27H,3-4H2,1-2H3,(H,26,29). The normalized spacial score (nSPS) is 11.1. The fourth-order valence-electron chi connectivity index (χ4n) is 3.15. The molecule has 2 N–H and O–H groups in total. The number of nitrogens with one attached hydrogen (secondary N) is 2. The number of hydrogen-bond donors (Lipinski definition) is 2. The lowest BCUT2D eigenvalue weighted by molar-refractivity contribution is 0.102. The molecule has 0 aliphatic carbocycles. The monoisotopic (exact) mass is 491 g/mol. The lowest BCUT2D eigenvalue weighted by Crippen LogP contribution is -2.21. The van der Waals surface area contributed by atoms with Gasteiger partial charge in [0, 0.05) is 34.5 Å². The molecule has 0 aromatic heterocycles. The Labute approximate surface area is 198 Å². The van der Waals surface area contributed by atoms with Crippen LogP contribution in [0, 0.1) is 0 Å². The molecule has 0 unspecified atom stereocenters. The van der Waals surface area contributed by atoms with E-state index < -0.39 is 15.9 Å². The van der Waals surface area contributed by atoms with E-state index in [1.165, 1.54) is 42.5 Å². The number of benzene rings is 3. The summed E-state index contributed by atoms with van der Waals surface area (Å²) in [5.74, 6) is -0.489. The van der Waals surface area contributed by atoms with Gasteiger partial charge in [-0.2, -0.15) is 0 Å². The van der Waals surface area contributed by atoms with Gasteiger partial charge in [-0.1, -0.05) is 23.2 Å². The molecule has 0 spiro atoms. The van der Waals surface area contributed by atoms with Gasteiger partial charge in [0.15, 0.2) is 0 Å². The van der Waals surface area contributed by atoms with Crippen molar-refractivity contribution >= 4 is 56.2 Å². The van der Waals surface area contributed by atoms with Gasteiger partial charge in [-0.25, -0.2) is 8.42 Å². The van der Waals surface area contributed by atoms with E-state index in [4.69, 9.17) is 23.2 Å². The van der Waals surface area contributed by atoms with Gasteiger partial charge in [0.1, 0.15) is 0 Å². The highest BCUT2D eigenvalue weighted by atomic mass is 35.5. The van der Waals surface area contributed by atoms with Crippen LogP contribution in [0.5, 0.6) is 0 Å². The zero-order valence-electron chi connectivity index (χ0n) is 17.6. The van der Waals surface area contributed by atoms with Crippen LogP contribution in [0.1, 0.15) is 24.2 Å². The Morgan fingerprint density at radius 3 is 2.06 bits per heavy atom. The van der Waals surface area contributed by atoms with Gasteiger partial charge < -0.3 is 10.2 Å². The molecule has 0 saturated heterocycles. The fourth-order valence-corrected chi connectivity index (χ4v) is 4.53. The molecule has 3 rings (SSSR count). The third kappa shape index (κ3) is 5.73. The third-order valence-corrected chi connectivity index (χ3v) is 6.72. The quantitative estimate of drug-likeness (QED) is 0.411. The second-order valence-corrected chi connectivity index (χ2v) is 9.48. The van der Waals surface area contributed by atoms with E-state index in [-0.39, 0.29) is 16.1 Å². The van der Waals surface area contributed by atoms with Crippen molar-refractivity contribution in [3.05, 3.63) is 82.3 Å². The highest BCUT2D eigenvalue weighted by molar-refractivity contribution is 7.92. The highest BCUT2D eigenvalue weighted by Crippen LogP contribution is 2.26. The summed E-state index contributed by atoms with van der Waals surface area (Å²) in [4.78, 5) is 15.2. The topological polar surface area (TPSA) is 78.5 Å². The first-order chi connectivity index (χ1) is 15.2. The largest absolute Gasteiger partial charge is 0.372 e. The molecular formula is C23H23Cl2N3O3S. The van der Waals surface area contributed by atoms with Crippen molar-refractivity contribution in [2.45, 2.75) is 18.7 Å². The number of hydrogen-bond acceptors (Lipinski definition) is 4. The molecule has 0 fully saturated rings. The van der Waals surface area contributed by atoms with Crippen molar-refractivity contribution in [1.29, 1.82) is 0 Å². The van der Waals surface area contributed by atoms with Gasteiger partial charge in [0.25, 0.3) is 15.9 Å². The van der Waals surface area contributed by atoms with Crippen molar-refractivity contribution in [1.82, 2.24) is 0 Å². The van der Waals surface area contributed by atoms with Crippen LogP contribution in [0.2, 0.25) is 10.0 Å².